The Morgan fingerprint density at radius 3 is 1.71 bits per heavy atom. The molecule has 0 N–H and O–H groups in total. The molecule has 0 aromatic carbocycles. The maximum Gasteiger partial charge on any atom is 0.491 e. The highest BCUT2D eigenvalue weighted by molar-refractivity contribution is 5.78. The van der Waals surface area contributed by atoms with E-state index in [-0.39, 0.29) is 6.54 Å². The maximum absolute atomic E-state index is 12.1. The van der Waals surface area contributed by atoms with Crippen LogP contribution in [-0.4, -0.2) is 54.6 Å². The number of nitriles is 1. The summed E-state index contributed by atoms with van der Waals surface area (Å²) in [7, 11) is 0. The van der Waals surface area contributed by atoms with Crippen LogP contribution in [0.5, 0.6) is 0 Å². The first-order valence-electron chi connectivity index (χ1n) is 5.09. The van der Waals surface area contributed by atoms with Crippen molar-refractivity contribution < 1.29 is 45.4 Å². The van der Waals surface area contributed by atoms with E-state index in [1.165, 1.54) is 0 Å². The second-order valence-corrected chi connectivity index (χ2v) is 3.99. The fourth-order valence-corrected chi connectivity index (χ4v) is 1.45. The number of carbonyl (C=O) groups excluding carboxylic acids is 2. The minimum atomic E-state index is -5.46. The molecule has 1 aliphatic heterocycles. The van der Waals surface area contributed by atoms with E-state index in [0.29, 0.717) is 0 Å². The van der Waals surface area contributed by atoms with E-state index >= 15 is 0 Å². The second-order valence-electron chi connectivity index (χ2n) is 3.99. The number of esters is 2. The number of rotatable bonds is 3. The van der Waals surface area contributed by atoms with Gasteiger partial charge in [0.2, 0.25) is 0 Å². The van der Waals surface area contributed by atoms with Gasteiger partial charge in [-0.25, -0.2) is 9.59 Å². The summed E-state index contributed by atoms with van der Waals surface area (Å²) < 4.78 is 80.0. The summed E-state index contributed by atoms with van der Waals surface area (Å²) in [6.45, 7) is -1.90. The first-order valence-corrected chi connectivity index (χ1v) is 5.09. The number of nitrogens with zero attached hydrogens (tertiary/aromatic N) is 2. The smallest absolute Gasteiger partial charge is 0.413 e. The Hall–Kier alpha value is -2.03. The standard InChI is InChI=1S/C9H6F6N2O4/c10-8(11,12)5(18)20-7(3-17(4-7)2-1-16)21-6(19)9(13,14)15/h2-4H2. The van der Waals surface area contributed by atoms with Crippen LogP contribution in [0.1, 0.15) is 0 Å². The monoisotopic (exact) mass is 320 g/mol. The zero-order chi connectivity index (χ0) is 16.5. The van der Waals surface area contributed by atoms with Gasteiger partial charge in [0.1, 0.15) is 0 Å². The van der Waals surface area contributed by atoms with Gasteiger partial charge in [0.25, 0.3) is 5.79 Å². The fraction of sp³-hybridized carbons (Fsp3) is 0.667. The van der Waals surface area contributed by atoms with Crippen molar-refractivity contribution in [1.82, 2.24) is 4.90 Å². The van der Waals surface area contributed by atoms with Crippen molar-refractivity contribution in [3.63, 3.8) is 0 Å². The van der Waals surface area contributed by atoms with Gasteiger partial charge in [-0.3, -0.25) is 4.90 Å². The average Bonchev–Trinajstić information content (AvgIpc) is 2.24. The van der Waals surface area contributed by atoms with Crippen LogP contribution in [0.25, 0.3) is 0 Å². The summed E-state index contributed by atoms with van der Waals surface area (Å²) >= 11 is 0. The molecule has 0 atom stereocenters. The fourth-order valence-electron chi connectivity index (χ4n) is 1.45. The molecular formula is C9H6F6N2O4. The van der Waals surface area contributed by atoms with Crippen LogP contribution in [0.15, 0.2) is 0 Å². The largest absolute Gasteiger partial charge is 0.491 e. The van der Waals surface area contributed by atoms with Crippen molar-refractivity contribution in [2.24, 2.45) is 0 Å². The quantitative estimate of drug-likeness (QED) is 0.330. The minimum absolute atomic E-state index is 0.352. The molecule has 12 heteroatoms. The molecular weight excluding hydrogens is 314 g/mol. The Morgan fingerprint density at radius 2 is 1.43 bits per heavy atom. The van der Waals surface area contributed by atoms with E-state index in [1.807, 2.05) is 0 Å². The van der Waals surface area contributed by atoms with Crippen molar-refractivity contribution in [3.8, 4) is 6.07 Å². The average molecular weight is 320 g/mol. The molecule has 1 heterocycles. The van der Waals surface area contributed by atoms with Crippen molar-refractivity contribution in [3.05, 3.63) is 0 Å². The van der Waals surface area contributed by atoms with Gasteiger partial charge in [0.05, 0.1) is 25.7 Å². The van der Waals surface area contributed by atoms with Gasteiger partial charge in [0, 0.05) is 0 Å². The third kappa shape index (κ3) is 4.22. The molecule has 0 bridgehead atoms. The number of ether oxygens (including phenoxy) is 2. The topological polar surface area (TPSA) is 79.6 Å². The minimum Gasteiger partial charge on any atom is -0.413 e. The zero-order valence-corrected chi connectivity index (χ0v) is 9.92. The zero-order valence-electron chi connectivity index (χ0n) is 9.92. The van der Waals surface area contributed by atoms with E-state index < -0.39 is 43.2 Å². The third-order valence-corrected chi connectivity index (χ3v) is 2.24. The number of hydrogen-bond donors (Lipinski definition) is 0. The van der Waals surface area contributed by atoms with Crippen molar-refractivity contribution in [2.45, 2.75) is 18.1 Å². The van der Waals surface area contributed by atoms with Crippen molar-refractivity contribution in [2.75, 3.05) is 19.6 Å². The van der Waals surface area contributed by atoms with Gasteiger partial charge in [-0.1, -0.05) is 0 Å². The molecule has 118 valence electrons. The molecule has 0 aromatic rings. The van der Waals surface area contributed by atoms with E-state index in [4.69, 9.17) is 5.26 Å². The highest BCUT2D eigenvalue weighted by atomic mass is 19.4. The molecule has 0 unspecified atom stereocenters. The Labute approximate surface area is 112 Å². The molecule has 0 saturated carbocycles. The van der Waals surface area contributed by atoms with Gasteiger partial charge in [-0.05, 0) is 0 Å². The van der Waals surface area contributed by atoms with Crippen LogP contribution in [-0.2, 0) is 19.1 Å². The molecule has 0 spiro atoms. The molecule has 0 aromatic heterocycles. The predicted octanol–water partition coefficient (Wildman–Crippen LogP) is 0.733. The number of alkyl halides is 6. The normalized spacial score (nSPS) is 18.3. The Kier molecular flexibility index (Phi) is 4.37. The Morgan fingerprint density at radius 1 is 1.05 bits per heavy atom. The van der Waals surface area contributed by atoms with Crippen molar-refractivity contribution in [1.29, 1.82) is 5.26 Å². The van der Waals surface area contributed by atoms with Crippen LogP contribution in [0, 0.1) is 11.3 Å². The third-order valence-electron chi connectivity index (χ3n) is 2.24. The van der Waals surface area contributed by atoms with Crippen LogP contribution < -0.4 is 0 Å². The SMILES string of the molecule is N#CCN1CC(OC(=O)C(F)(F)F)(OC(=O)C(F)(F)F)C1. The van der Waals surface area contributed by atoms with E-state index in [0.717, 1.165) is 4.90 Å². The summed E-state index contributed by atoms with van der Waals surface area (Å²) in [5.41, 5.74) is 0. The van der Waals surface area contributed by atoms with Gasteiger partial charge < -0.3 is 9.47 Å². The van der Waals surface area contributed by atoms with E-state index in [2.05, 4.69) is 9.47 Å². The lowest BCUT2D eigenvalue weighted by Crippen LogP contribution is -2.67. The van der Waals surface area contributed by atoms with Crippen molar-refractivity contribution >= 4 is 11.9 Å². The molecule has 0 amide bonds. The lowest BCUT2D eigenvalue weighted by atomic mass is 10.1. The Bertz CT molecular complexity index is 444. The summed E-state index contributed by atoms with van der Waals surface area (Å²) in [4.78, 5) is 22.4. The highest BCUT2D eigenvalue weighted by Gasteiger charge is 2.57. The molecule has 21 heavy (non-hydrogen) atoms. The van der Waals surface area contributed by atoms with Gasteiger partial charge in [-0.15, -0.1) is 0 Å². The molecule has 0 aliphatic carbocycles. The summed E-state index contributed by atoms with van der Waals surface area (Å²) in [6.07, 6.45) is -10.9. The van der Waals surface area contributed by atoms with E-state index in [9.17, 15) is 35.9 Å². The number of hydrogen-bond acceptors (Lipinski definition) is 6. The van der Waals surface area contributed by atoms with Gasteiger partial charge in [0.15, 0.2) is 0 Å². The van der Waals surface area contributed by atoms with Crippen LogP contribution >= 0.6 is 0 Å². The molecule has 1 rings (SSSR count). The maximum atomic E-state index is 12.1. The predicted molar refractivity (Wildman–Crippen MR) is 49.1 cm³/mol. The number of halogens is 6. The lowest BCUT2D eigenvalue weighted by molar-refractivity contribution is -0.302. The highest BCUT2D eigenvalue weighted by Crippen LogP contribution is 2.32. The first-order chi connectivity index (χ1) is 9.39. The van der Waals surface area contributed by atoms with Crippen LogP contribution in [0.3, 0.4) is 0 Å². The molecule has 6 nitrogen and oxygen atoms in total. The van der Waals surface area contributed by atoms with Gasteiger partial charge >= 0.3 is 24.3 Å². The van der Waals surface area contributed by atoms with Gasteiger partial charge in [-0.2, -0.15) is 31.6 Å². The summed E-state index contributed by atoms with van der Waals surface area (Å²) in [5.74, 6) is -8.31. The first kappa shape index (κ1) is 17.0. The van der Waals surface area contributed by atoms with Crippen LogP contribution in [0.4, 0.5) is 26.3 Å². The molecule has 1 fully saturated rings. The summed E-state index contributed by atoms with van der Waals surface area (Å²) in [5, 5.41) is 8.33. The number of carbonyl (C=O) groups is 2. The lowest BCUT2D eigenvalue weighted by Gasteiger charge is -2.46. The molecule has 1 saturated heterocycles. The van der Waals surface area contributed by atoms with Crippen LogP contribution in [0.2, 0.25) is 0 Å². The van der Waals surface area contributed by atoms with E-state index in [1.54, 1.807) is 6.07 Å². The Balaban J connectivity index is 2.82. The molecule has 0 radical (unpaired) electrons. The number of likely N-dealkylation sites (tertiary alicyclic amines) is 1. The molecule has 1 aliphatic rings. The summed E-state index contributed by atoms with van der Waals surface area (Å²) in [6, 6.07) is 1.58. The second kappa shape index (κ2) is 5.40.